The van der Waals surface area contributed by atoms with Crippen molar-refractivity contribution >= 4 is 0 Å². The van der Waals surface area contributed by atoms with Crippen LogP contribution >= 0.6 is 0 Å². The molecule has 0 heterocycles. The van der Waals surface area contributed by atoms with Crippen molar-refractivity contribution in [2.24, 2.45) is 5.73 Å². The first-order chi connectivity index (χ1) is 15.0. The molecule has 0 spiro atoms. The topological polar surface area (TPSA) is 84.9 Å². The first kappa shape index (κ1) is 30.8. The second-order valence-electron chi connectivity index (χ2n) is 9.13. The van der Waals surface area contributed by atoms with Crippen LogP contribution in [0.5, 0.6) is 0 Å². The summed E-state index contributed by atoms with van der Waals surface area (Å²) in [5, 5.41) is 18.6. The summed E-state index contributed by atoms with van der Waals surface area (Å²) in [5.74, 6) is -1.14. The quantitative estimate of drug-likeness (QED) is 0.118. The summed E-state index contributed by atoms with van der Waals surface area (Å²) in [5.41, 5.74) is 6.54. The molecule has 5 nitrogen and oxygen atoms in total. The van der Waals surface area contributed by atoms with E-state index >= 15 is 0 Å². The lowest BCUT2D eigenvalue weighted by molar-refractivity contribution is -0.283. The average Bonchev–Trinajstić information content (AvgIpc) is 2.76. The maximum absolute atomic E-state index is 9.28. The largest absolute Gasteiger partial charge is 0.396 e. The zero-order valence-electron chi connectivity index (χ0n) is 21.1. The van der Waals surface area contributed by atoms with Gasteiger partial charge in [-0.3, -0.25) is 5.73 Å². The minimum absolute atomic E-state index is 0.0845. The fraction of sp³-hybridized carbons (Fsp3) is 1.00. The minimum atomic E-state index is -1.14. The number of hydrogen-bond donors (Lipinski definition) is 3. The standard InChI is InChI=1S/C26H55NO4/c1-4-7-8-9-10-11-12-13-14-15-16-17-18-21-26(27,30-24(5-2)19-22-28)31-25(6-3)20-23-29/h24-25,28-29H,4-23,27H2,1-3H3. The molecule has 0 fully saturated rings. The number of unbranched alkanes of at least 4 members (excludes halogenated alkanes) is 12. The fourth-order valence-electron chi connectivity index (χ4n) is 4.08. The highest BCUT2D eigenvalue weighted by molar-refractivity contribution is 4.70. The second kappa shape index (κ2) is 21.6. The van der Waals surface area contributed by atoms with Gasteiger partial charge in [-0.2, -0.15) is 0 Å². The molecule has 0 aliphatic heterocycles. The van der Waals surface area contributed by atoms with E-state index in [0.717, 1.165) is 25.7 Å². The van der Waals surface area contributed by atoms with Gasteiger partial charge in [0.2, 0.25) is 5.91 Å². The zero-order chi connectivity index (χ0) is 23.2. The van der Waals surface area contributed by atoms with Crippen molar-refractivity contribution in [1.82, 2.24) is 0 Å². The van der Waals surface area contributed by atoms with Gasteiger partial charge >= 0.3 is 0 Å². The Morgan fingerprint density at radius 1 is 0.613 bits per heavy atom. The molecule has 0 rings (SSSR count). The maximum Gasteiger partial charge on any atom is 0.225 e. The lowest BCUT2D eigenvalue weighted by atomic mass is 10.0. The number of hydrogen-bond acceptors (Lipinski definition) is 5. The van der Waals surface area contributed by atoms with E-state index in [1.165, 1.54) is 70.6 Å². The third-order valence-electron chi connectivity index (χ3n) is 6.17. The Balaban J connectivity index is 4.13. The monoisotopic (exact) mass is 445 g/mol. The predicted octanol–water partition coefficient (Wildman–Crippen LogP) is 6.44. The molecule has 0 radical (unpaired) electrons. The van der Waals surface area contributed by atoms with Gasteiger partial charge in [0.05, 0.1) is 12.2 Å². The summed E-state index contributed by atoms with van der Waals surface area (Å²) >= 11 is 0. The third-order valence-corrected chi connectivity index (χ3v) is 6.17. The van der Waals surface area contributed by atoms with Crippen LogP contribution in [0.15, 0.2) is 0 Å². The van der Waals surface area contributed by atoms with Crippen molar-refractivity contribution in [1.29, 1.82) is 0 Å². The van der Waals surface area contributed by atoms with Gasteiger partial charge in [0, 0.05) is 19.6 Å². The number of aliphatic hydroxyl groups is 2. The van der Waals surface area contributed by atoms with Gasteiger partial charge in [-0.05, 0) is 32.1 Å². The van der Waals surface area contributed by atoms with E-state index < -0.39 is 5.91 Å². The molecule has 2 unspecified atom stereocenters. The van der Waals surface area contributed by atoms with Crippen LogP contribution in [0, 0.1) is 0 Å². The molecule has 4 N–H and O–H groups in total. The third kappa shape index (κ3) is 18.0. The van der Waals surface area contributed by atoms with Crippen molar-refractivity contribution in [2.75, 3.05) is 13.2 Å². The summed E-state index contributed by atoms with van der Waals surface area (Å²) in [6, 6.07) is 0. The fourth-order valence-corrected chi connectivity index (χ4v) is 4.08. The van der Waals surface area contributed by atoms with Gasteiger partial charge in [-0.1, -0.05) is 97.8 Å². The van der Waals surface area contributed by atoms with Crippen LogP contribution in [0.1, 0.15) is 136 Å². The highest BCUT2D eigenvalue weighted by atomic mass is 16.7. The Hall–Kier alpha value is -0.200. The molecule has 0 aromatic carbocycles. The van der Waals surface area contributed by atoms with E-state index in [0.29, 0.717) is 19.3 Å². The van der Waals surface area contributed by atoms with Gasteiger partial charge in [0.1, 0.15) is 0 Å². The van der Waals surface area contributed by atoms with Crippen LogP contribution < -0.4 is 5.73 Å². The average molecular weight is 446 g/mol. The summed E-state index contributed by atoms with van der Waals surface area (Å²) < 4.78 is 12.3. The van der Waals surface area contributed by atoms with E-state index in [4.69, 9.17) is 15.2 Å². The molecule has 188 valence electrons. The molecule has 0 aliphatic carbocycles. The molecule has 5 heteroatoms. The van der Waals surface area contributed by atoms with Gasteiger partial charge in [0.25, 0.3) is 0 Å². The molecular weight excluding hydrogens is 390 g/mol. The lowest BCUT2D eigenvalue weighted by Crippen LogP contribution is -2.50. The Kier molecular flexibility index (Phi) is 21.5. The molecule has 0 saturated heterocycles. The molecule has 0 aromatic heterocycles. The summed E-state index contributed by atoms with van der Waals surface area (Å²) in [6.45, 7) is 6.52. The molecule has 2 atom stereocenters. The van der Waals surface area contributed by atoms with Crippen LogP contribution in [0.25, 0.3) is 0 Å². The second-order valence-corrected chi connectivity index (χ2v) is 9.13. The van der Waals surface area contributed by atoms with E-state index in [2.05, 4.69) is 6.92 Å². The van der Waals surface area contributed by atoms with Crippen molar-refractivity contribution in [3.05, 3.63) is 0 Å². The molecule has 0 bridgehead atoms. The predicted molar refractivity (Wildman–Crippen MR) is 131 cm³/mol. The van der Waals surface area contributed by atoms with Crippen molar-refractivity contribution < 1.29 is 19.7 Å². The molecular formula is C26H55NO4. The molecule has 0 aromatic rings. The number of ether oxygens (including phenoxy) is 2. The SMILES string of the molecule is CCCCCCCCCCCCCCCC(N)(OC(CC)CCO)OC(CC)CCO. The Labute approximate surface area is 193 Å². The van der Waals surface area contributed by atoms with Crippen LogP contribution in [-0.2, 0) is 9.47 Å². The van der Waals surface area contributed by atoms with E-state index in [1.54, 1.807) is 0 Å². The Morgan fingerprint density at radius 3 is 1.29 bits per heavy atom. The maximum atomic E-state index is 9.28. The zero-order valence-corrected chi connectivity index (χ0v) is 21.1. The normalized spacial score (nSPS) is 15.7. The van der Waals surface area contributed by atoms with E-state index in [9.17, 15) is 10.2 Å². The minimum Gasteiger partial charge on any atom is -0.396 e. The number of nitrogens with two attached hydrogens (primary N) is 1. The van der Waals surface area contributed by atoms with Crippen LogP contribution in [0.4, 0.5) is 0 Å². The van der Waals surface area contributed by atoms with E-state index in [1.807, 2.05) is 13.8 Å². The molecule has 0 amide bonds. The summed E-state index contributed by atoms with van der Waals surface area (Å²) in [7, 11) is 0. The van der Waals surface area contributed by atoms with Gasteiger partial charge in [0.15, 0.2) is 0 Å². The van der Waals surface area contributed by atoms with Crippen LogP contribution in [0.3, 0.4) is 0 Å². The van der Waals surface area contributed by atoms with Gasteiger partial charge in [-0.15, -0.1) is 0 Å². The first-order valence-corrected chi connectivity index (χ1v) is 13.4. The first-order valence-electron chi connectivity index (χ1n) is 13.4. The van der Waals surface area contributed by atoms with Crippen molar-refractivity contribution in [3.63, 3.8) is 0 Å². The Morgan fingerprint density at radius 2 is 0.968 bits per heavy atom. The molecule has 0 saturated carbocycles. The number of rotatable bonds is 24. The van der Waals surface area contributed by atoms with Crippen LogP contribution in [0.2, 0.25) is 0 Å². The highest BCUT2D eigenvalue weighted by Gasteiger charge is 2.32. The Bertz CT molecular complexity index is 351. The molecule has 0 aliphatic rings. The summed E-state index contributed by atoms with van der Waals surface area (Å²) in [6.07, 6.45) is 20.2. The van der Waals surface area contributed by atoms with Gasteiger partial charge < -0.3 is 19.7 Å². The van der Waals surface area contributed by atoms with Gasteiger partial charge in [-0.25, -0.2) is 0 Å². The lowest BCUT2D eigenvalue weighted by Gasteiger charge is -2.36. The number of aliphatic hydroxyl groups excluding tert-OH is 2. The van der Waals surface area contributed by atoms with Crippen molar-refractivity contribution in [2.45, 2.75) is 154 Å². The highest BCUT2D eigenvalue weighted by Crippen LogP contribution is 2.24. The smallest absolute Gasteiger partial charge is 0.225 e. The van der Waals surface area contributed by atoms with Crippen molar-refractivity contribution in [3.8, 4) is 0 Å². The van der Waals surface area contributed by atoms with E-state index in [-0.39, 0.29) is 25.4 Å². The molecule has 31 heavy (non-hydrogen) atoms. The summed E-state index contributed by atoms with van der Waals surface area (Å²) in [4.78, 5) is 0. The van der Waals surface area contributed by atoms with Crippen LogP contribution in [-0.4, -0.2) is 41.5 Å².